The maximum absolute atomic E-state index is 4.41. The van der Waals surface area contributed by atoms with E-state index in [1.165, 1.54) is 24.0 Å². The lowest BCUT2D eigenvalue weighted by molar-refractivity contribution is 0.668. The van der Waals surface area contributed by atoms with Crippen LogP contribution in [-0.2, 0) is 6.42 Å². The molecule has 0 aromatic heterocycles. The number of benzene rings is 1. The molecular formula is C14H16N2. The summed E-state index contributed by atoms with van der Waals surface area (Å²) in [6.07, 6.45) is 7.68. The Balaban J connectivity index is 1.78. The normalized spacial score (nSPS) is 22.5. The second-order valence-corrected chi connectivity index (χ2v) is 4.55. The zero-order chi connectivity index (χ0) is 10.8. The Hall–Kier alpha value is -1.57. The molecule has 3 rings (SSSR count). The first-order chi connectivity index (χ1) is 7.92. The Morgan fingerprint density at radius 2 is 2.19 bits per heavy atom. The van der Waals surface area contributed by atoms with E-state index in [-0.39, 0.29) is 0 Å². The van der Waals surface area contributed by atoms with Crippen molar-refractivity contribution in [1.82, 2.24) is 5.32 Å². The molecule has 0 radical (unpaired) electrons. The molecule has 0 saturated heterocycles. The molecule has 2 aliphatic rings. The molecule has 1 N–H and O–H groups in total. The van der Waals surface area contributed by atoms with E-state index >= 15 is 0 Å². The number of rotatable bonds is 2. The summed E-state index contributed by atoms with van der Waals surface area (Å²) in [5, 5.41) is 3.16. The molecule has 1 atom stereocenters. The van der Waals surface area contributed by atoms with Crippen molar-refractivity contribution in [2.24, 2.45) is 4.99 Å². The van der Waals surface area contributed by atoms with Gasteiger partial charge in [-0.2, -0.15) is 0 Å². The van der Waals surface area contributed by atoms with E-state index in [1.807, 2.05) is 6.34 Å². The second kappa shape index (κ2) is 4.12. The molecule has 82 valence electrons. The minimum Gasteiger partial charge on any atom is -0.374 e. The molecule has 1 aliphatic heterocycles. The van der Waals surface area contributed by atoms with Gasteiger partial charge in [0.15, 0.2) is 0 Å². The monoisotopic (exact) mass is 212 g/mol. The third kappa shape index (κ3) is 1.87. The fraction of sp³-hybridized carbons (Fsp3) is 0.357. The minimum atomic E-state index is 0.455. The minimum absolute atomic E-state index is 0.455. The van der Waals surface area contributed by atoms with Crippen molar-refractivity contribution in [3.05, 3.63) is 41.0 Å². The highest BCUT2D eigenvalue weighted by atomic mass is 15.0. The Bertz CT molecular complexity index is 446. The zero-order valence-electron chi connectivity index (χ0n) is 9.32. The van der Waals surface area contributed by atoms with Gasteiger partial charge in [-0.25, -0.2) is 0 Å². The highest BCUT2D eigenvalue weighted by Crippen LogP contribution is 2.26. The van der Waals surface area contributed by atoms with Crippen molar-refractivity contribution < 1.29 is 0 Å². The number of nitrogens with zero attached hydrogens (tertiary/aromatic N) is 1. The van der Waals surface area contributed by atoms with E-state index in [4.69, 9.17) is 0 Å². The molecule has 0 amide bonds. The number of hydrogen-bond donors (Lipinski definition) is 1. The molecule has 0 bridgehead atoms. The third-order valence-electron chi connectivity index (χ3n) is 3.36. The van der Waals surface area contributed by atoms with Gasteiger partial charge in [0.05, 0.1) is 12.4 Å². The SMILES string of the molecule is C1=N[C@@H](CC2=Cc3ccccc3CC2)CN1. The van der Waals surface area contributed by atoms with Gasteiger partial charge in [0, 0.05) is 6.54 Å². The van der Waals surface area contributed by atoms with Crippen LogP contribution in [-0.4, -0.2) is 18.9 Å². The van der Waals surface area contributed by atoms with Crippen LogP contribution in [0.1, 0.15) is 24.0 Å². The number of hydrogen-bond acceptors (Lipinski definition) is 2. The van der Waals surface area contributed by atoms with Crippen LogP contribution < -0.4 is 5.32 Å². The van der Waals surface area contributed by atoms with Gasteiger partial charge < -0.3 is 5.32 Å². The summed E-state index contributed by atoms with van der Waals surface area (Å²) >= 11 is 0. The Labute approximate surface area is 96.1 Å². The first kappa shape index (κ1) is 9.64. The molecule has 1 aliphatic carbocycles. The van der Waals surface area contributed by atoms with Crippen molar-refractivity contribution >= 4 is 12.4 Å². The average molecular weight is 212 g/mol. The summed E-state index contributed by atoms with van der Waals surface area (Å²) in [6.45, 7) is 0.999. The first-order valence-electron chi connectivity index (χ1n) is 5.94. The lowest BCUT2D eigenvalue weighted by atomic mass is 9.89. The van der Waals surface area contributed by atoms with E-state index < -0.39 is 0 Å². The van der Waals surface area contributed by atoms with Crippen LogP contribution in [0, 0.1) is 0 Å². The van der Waals surface area contributed by atoms with Crippen LogP contribution in [0.4, 0.5) is 0 Å². The molecule has 2 nitrogen and oxygen atoms in total. The van der Waals surface area contributed by atoms with Gasteiger partial charge in [0.1, 0.15) is 0 Å². The van der Waals surface area contributed by atoms with Crippen LogP contribution in [0.3, 0.4) is 0 Å². The smallest absolute Gasteiger partial charge is 0.0828 e. The Morgan fingerprint density at radius 3 is 3.06 bits per heavy atom. The summed E-state index contributed by atoms with van der Waals surface area (Å²) in [7, 11) is 0. The van der Waals surface area contributed by atoms with Gasteiger partial charge in [-0.15, -0.1) is 0 Å². The van der Waals surface area contributed by atoms with Crippen molar-refractivity contribution in [2.75, 3.05) is 6.54 Å². The predicted octanol–water partition coefficient (Wildman–Crippen LogP) is 2.41. The second-order valence-electron chi connectivity index (χ2n) is 4.55. The highest BCUT2D eigenvalue weighted by Gasteiger charge is 2.15. The number of nitrogens with one attached hydrogen (secondary N) is 1. The van der Waals surface area contributed by atoms with Gasteiger partial charge in [-0.1, -0.05) is 35.9 Å². The van der Waals surface area contributed by atoms with Crippen molar-refractivity contribution in [2.45, 2.75) is 25.3 Å². The lowest BCUT2D eigenvalue weighted by Crippen LogP contribution is -2.16. The molecule has 1 heterocycles. The van der Waals surface area contributed by atoms with Crippen LogP contribution in [0.25, 0.3) is 6.08 Å². The summed E-state index contributed by atoms with van der Waals surface area (Å²) in [4.78, 5) is 4.41. The van der Waals surface area contributed by atoms with Gasteiger partial charge in [-0.05, 0) is 30.4 Å². The highest BCUT2D eigenvalue weighted by molar-refractivity contribution is 5.60. The predicted molar refractivity (Wildman–Crippen MR) is 67.6 cm³/mol. The fourth-order valence-electron chi connectivity index (χ4n) is 2.48. The van der Waals surface area contributed by atoms with E-state index in [0.717, 1.165) is 13.0 Å². The quantitative estimate of drug-likeness (QED) is 0.800. The number of aliphatic imine (C=N–C) groups is 1. The Morgan fingerprint density at radius 1 is 1.25 bits per heavy atom. The fourth-order valence-corrected chi connectivity index (χ4v) is 2.48. The van der Waals surface area contributed by atoms with E-state index in [9.17, 15) is 0 Å². The van der Waals surface area contributed by atoms with Crippen molar-refractivity contribution in [3.8, 4) is 0 Å². The van der Waals surface area contributed by atoms with Crippen molar-refractivity contribution in [3.63, 3.8) is 0 Å². The summed E-state index contributed by atoms with van der Waals surface area (Å²) in [5.41, 5.74) is 4.43. The van der Waals surface area contributed by atoms with E-state index in [1.54, 1.807) is 5.57 Å². The van der Waals surface area contributed by atoms with Crippen LogP contribution in [0.15, 0.2) is 34.8 Å². The molecule has 1 aromatic carbocycles. The molecule has 16 heavy (non-hydrogen) atoms. The molecule has 2 heteroatoms. The number of aryl methyl sites for hydroxylation is 1. The summed E-state index contributed by atoms with van der Waals surface area (Å²) in [6, 6.07) is 9.15. The number of fused-ring (bicyclic) bond motifs is 1. The van der Waals surface area contributed by atoms with Gasteiger partial charge in [0.25, 0.3) is 0 Å². The molecular weight excluding hydrogens is 196 g/mol. The maximum atomic E-state index is 4.41. The topological polar surface area (TPSA) is 24.4 Å². The lowest BCUT2D eigenvalue weighted by Gasteiger charge is -2.17. The zero-order valence-corrected chi connectivity index (χ0v) is 9.32. The molecule has 0 saturated carbocycles. The Kier molecular flexibility index (Phi) is 2.49. The van der Waals surface area contributed by atoms with Crippen LogP contribution in [0.2, 0.25) is 0 Å². The van der Waals surface area contributed by atoms with Gasteiger partial charge in [-0.3, -0.25) is 4.99 Å². The van der Waals surface area contributed by atoms with Gasteiger partial charge >= 0.3 is 0 Å². The first-order valence-corrected chi connectivity index (χ1v) is 5.94. The molecule has 0 spiro atoms. The largest absolute Gasteiger partial charge is 0.374 e. The summed E-state index contributed by atoms with van der Waals surface area (Å²) in [5.74, 6) is 0. The standard InChI is InChI=1S/C14H16N2/c1-2-4-13-7-11(5-6-12(13)3-1)8-14-9-15-10-16-14/h1-4,7,10,14H,5-6,8-9H2,(H,15,16)/t14-/m0/s1. The maximum Gasteiger partial charge on any atom is 0.0828 e. The molecule has 1 aromatic rings. The van der Waals surface area contributed by atoms with Crippen LogP contribution >= 0.6 is 0 Å². The molecule has 0 unspecified atom stereocenters. The molecule has 0 fully saturated rings. The average Bonchev–Trinajstić information content (AvgIpc) is 2.82. The van der Waals surface area contributed by atoms with E-state index in [2.05, 4.69) is 40.7 Å². The third-order valence-corrected chi connectivity index (χ3v) is 3.36. The van der Waals surface area contributed by atoms with Gasteiger partial charge in [0.2, 0.25) is 0 Å². The summed E-state index contributed by atoms with van der Waals surface area (Å²) < 4.78 is 0. The van der Waals surface area contributed by atoms with E-state index in [0.29, 0.717) is 6.04 Å². The van der Waals surface area contributed by atoms with Crippen molar-refractivity contribution in [1.29, 1.82) is 0 Å². The van der Waals surface area contributed by atoms with Crippen LogP contribution in [0.5, 0.6) is 0 Å².